The Morgan fingerprint density at radius 2 is 2.25 bits per heavy atom. The molecule has 1 rings (SSSR count). The lowest BCUT2D eigenvalue weighted by Gasteiger charge is -2.22. The molecule has 0 aliphatic carbocycles. The quantitative estimate of drug-likeness (QED) is 0.770. The first-order valence-corrected chi connectivity index (χ1v) is 5.49. The molecule has 0 bridgehead atoms. The zero-order chi connectivity index (χ0) is 12.2. The normalized spacial score (nSPS) is 11.5. The summed E-state index contributed by atoms with van der Waals surface area (Å²) in [6, 6.07) is 0. The van der Waals surface area contributed by atoms with Crippen molar-refractivity contribution in [3.8, 4) is 0 Å². The van der Waals surface area contributed by atoms with Crippen LogP contribution in [0.15, 0.2) is 17.2 Å². The van der Waals surface area contributed by atoms with Crippen LogP contribution in [-0.2, 0) is 6.54 Å². The van der Waals surface area contributed by atoms with Crippen molar-refractivity contribution in [1.82, 2.24) is 9.55 Å². The minimum absolute atomic E-state index is 0.0407. The van der Waals surface area contributed by atoms with Crippen molar-refractivity contribution in [1.29, 1.82) is 0 Å². The summed E-state index contributed by atoms with van der Waals surface area (Å²) >= 11 is 0. The summed E-state index contributed by atoms with van der Waals surface area (Å²) in [5.74, 6) is 0.394. The first-order valence-electron chi connectivity index (χ1n) is 5.49. The van der Waals surface area contributed by atoms with Crippen LogP contribution in [0.2, 0.25) is 0 Å². The number of hydrogen-bond acceptors (Lipinski definition) is 4. The predicted octanol–water partition coefficient (Wildman–Crippen LogP) is 0.660. The SMILES string of the molecule is CCn1ccnc(NCC(C)(C)CN)c1=O. The van der Waals surface area contributed by atoms with Gasteiger partial charge in [0.15, 0.2) is 5.82 Å². The Balaban J connectivity index is 2.79. The van der Waals surface area contributed by atoms with Crippen molar-refractivity contribution in [3.63, 3.8) is 0 Å². The smallest absolute Gasteiger partial charge is 0.293 e. The average molecular weight is 224 g/mol. The molecule has 5 nitrogen and oxygen atoms in total. The fourth-order valence-corrected chi connectivity index (χ4v) is 1.21. The van der Waals surface area contributed by atoms with E-state index in [0.29, 0.717) is 25.5 Å². The Kier molecular flexibility index (Phi) is 4.06. The molecular formula is C11H20N4O. The van der Waals surface area contributed by atoms with Crippen LogP contribution in [0.3, 0.4) is 0 Å². The van der Waals surface area contributed by atoms with Gasteiger partial charge in [0.2, 0.25) is 0 Å². The van der Waals surface area contributed by atoms with Crippen LogP contribution in [-0.4, -0.2) is 22.6 Å². The second-order valence-corrected chi connectivity index (χ2v) is 4.59. The summed E-state index contributed by atoms with van der Waals surface area (Å²) in [5.41, 5.74) is 5.49. The molecule has 0 unspecified atom stereocenters. The average Bonchev–Trinajstić information content (AvgIpc) is 2.28. The lowest BCUT2D eigenvalue weighted by Crippen LogP contribution is -2.34. The van der Waals surface area contributed by atoms with Crippen molar-refractivity contribution in [2.45, 2.75) is 27.3 Å². The van der Waals surface area contributed by atoms with Gasteiger partial charge in [-0.1, -0.05) is 13.8 Å². The number of aryl methyl sites for hydroxylation is 1. The van der Waals surface area contributed by atoms with Gasteiger partial charge >= 0.3 is 0 Å². The predicted molar refractivity (Wildman–Crippen MR) is 65.5 cm³/mol. The number of anilines is 1. The molecule has 0 aromatic carbocycles. The van der Waals surface area contributed by atoms with Crippen LogP contribution in [0.5, 0.6) is 0 Å². The summed E-state index contributed by atoms with van der Waals surface area (Å²) in [5, 5.41) is 3.05. The molecule has 0 aliphatic heterocycles. The third-order valence-electron chi connectivity index (χ3n) is 2.54. The molecular weight excluding hydrogens is 204 g/mol. The Morgan fingerprint density at radius 1 is 1.56 bits per heavy atom. The maximum Gasteiger partial charge on any atom is 0.293 e. The van der Waals surface area contributed by atoms with Gasteiger partial charge in [-0.05, 0) is 18.9 Å². The molecule has 0 aliphatic rings. The second kappa shape index (κ2) is 5.12. The van der Waals surface area contributed by atoms with Crippen molar-refractivity contribution >= 4 is 5.82 Å². The minimum atomic E-state index is -0.0854. The minimum Gasteiger partial charge on any atom is -0.365 e. The van der Waals surface area contributed by atoms with E-state index < -0.39 is 0 Å². The molecule has 0 fully saturated rings. The van der Waals surface area contributed by atoms with Crippen LogP contribution in [0.4, 0.5) is 5.82 Å². The molecule has 0 saturated carbocycles. The molecule has 1 aromatic rings. The number of aromatic nitrogens is 2. The maximum absolute atomic E-state index is 11.8. The molecule has 16 heavy (non-hydrogen) atoms. The largest absolute Gasteiger partial charge is 0.365 e. The van der Waals surface area contributed by atoms with Crippen molar-refractivity contribution in [2.24, 2.45) is 11.1 Å². The Hall–Kier alpha value is -1.36. The summed E-state index contributed by atoms with van der Waals surface area (Å²) in [6.07, 6.45) is 3.31. The van der Waals surface area contributed by atoms with Crippen LogP contribution in [0.25, 0.3) is 0 Å². The number of nitrogens with two attached hydrogens (primary N) is 1. The highest BCUT2D eigenvalue weighted by Gasteiger charge is 2.16. The van der Waals surface area contributed by atoms with Gasteiger partial charge in [-0.2, -0.15) is 0 Å². The number of nitrogens with zero attached hydrogens (tertiary/aromatic N) is 2. The standard InChI is InChI=1S/C11H20N4O/c1-4-15-6-5-13-9(10(15)16)14-8-11(2,3)7-12/h5-6H,4,7-8,12H2,1-3H3,(H,13,14). The van der Waals surface area contributed by atoms with Crippen LogP contribution < -0.4 is 16.6 Å². The van der Waals surface area contributed by atoms with E-state index in [-0.39, 0.29) is 11.0 Å². The van der Waals surface area contributed by atoms with Gasteiger partial charge in [0, 0.05) is 25.5 Å². The number of rotatable bonds is 5. The topological polar surface area (TPSA) is 72.9 Å². The van der Waals surface area contributed by atoms with Gasteiger partial charge in [0.1, 0.15) is 0 Å². The summed E-state index contributed by atoms with van der Waals surface area (Å²) in [4.78, 5) is 15.9. The van der Waals surface area contributed by atoms with E-state index in [9.17, 15) is 4.79 Å². The molecule has 0 radical (unpaired) electrons. The lowest BCUT2D eigenvalue weighted by molar-refractivity contribution is 0.405. The molecule has 0 atom stereocenters. The Labute approximate surface area is 95.7 Å². The van der Waals surface area contributed by atoms with E-state index in [2.05, 4.69) is 10.3 Å². The third kappa shape index (κ3) is 3.06. The van der Waals surface area contributed by atoms with E-state index in [1.165, 1.54) is 0 Å². The summed E-state index contributed by atoms with van der Waals surface area (Å²) in [6.45, 7) is 7.86. The summed E-state index contributed by atoms with van der Waals surface area (Å²) in [7, 11) is 0. The Bertz CT molecular complexity index is 397. The highest BCUT2D eigenvalue weighted by molar-refractivity contribution is 5.31. The van der Waals surface area contributed by atoms with E-state index in [1.54, 1.807) is 17.0 Å². The van der Waals surface area contributed by atoms with Crippen LogP contribution in [0, 0.1) is 5.41 Å². The Morgan fingerprint density at radius 3 is 2.81 bits per heavy atom. The van der Waals surface area contributed by atoms with Gasteiger partial charge < -0.3 is 15.6 Å². The highest BCUT2D eigenvalue weighted by Crippen LogP contribution is 2.12. The molecule has 0 amide bonds. The van der Waals surface area contributed by atoms with Crippen LogP contribution >= 0.6 is 0 Å². The fraction of sp³-hybridized carbons (Fsp3) is 0.636. The monoisotopic (exact) mass is 224 g/mol. The number of nitrogens with one attached hydrogen (secondary N) is 1. The summed E-state index contributed by atoms with van der Waals surface area (Å²) < 4.78 is 1.62. The van der Waals surface area contributed by atoms with Crippen LogP contribution in [0.1, 0.15) is 20.8 Å². The molecule has 0 saturated heterocycles. The van der Waals surface area contributed by atoms with Crippen molar-refractivity contribution in [2.75, 3.05) is 18.4 Å². The maximum atomic E-state index is 11.8. The third-order valence-corrected chi connectivity index (χ3v) is 2.54. The molecule has 3 N–H and O–H groups in total. The molecule has 90 valence electrons. The highest BCUT2D eigenvalue weighted by atomic mass is 16.1. The van der Waals surface area contributed by atoms with Crippen molar-refractivity contribution < 1.29 is 0 Å². The van der Waals surface area contributed by atoms with Gasteiger partial charge in [-0.25, -0.2) is 4.98 Å². The molecule has 5 heteroatoms. The van der Waals surface area contributed by atoms with E-state index in [0.717, 1.165) is 0 Å². The zero-order valence-electron chi connectivity index (χ0n) is 10.2. The first-order chi connectivity index (χ1) is 7.50. The van der Waals surface area contributed by atoms with E-state index in [4.69, 9.17) is 5.73 Å². The first kappa shape index (κ1) is 12.7. The van der Waals surface area contributed by atoms with Gasteiger partial charge in [-0.15, -0.1) is 0 Å². The molecule has 1 heterocycles. The zero-order valence-corrected chi connectivity index (χ0v) is 10.2. The second-order valence-electron chi connectivity index (χ2n) is 4.59. The fourth-order valence-electron chi connectivity index (χ4n) is 1.21. The number of hydrogen-bond donors (Lipinski definition) is 2. The lowest BCUT2D eigenvalue weighted by atomic mass is 9.94. The molecule has 0 spiro atoms. The van der Waals surface area contributed by atoms with E-state index in [1.807, 2.05) is 20.8 Å². The van der Waals surface area contributed by atoms with Gasteiger partial charge in [0.05, 0.1) is 0 Å². The molecule has 1 aromatic heterocycles. The van der Waals surface area contributed by atoms with Gasteiger partial charge in [0.25, 0.3) is 5.56 Å². The van der Waals surface area contributed by atoms with Crippen molar-refractivity contribution in [3.05, 3.63) is 22.7 Å². The van der Waals surface area contributed by atoms with Gasteiger partial charge in [-0.3, -0.25) is 4.79 Å². The van der Waals surface area contributed by atoms with E-state index >= 15 is 0 Å².